The second-order valence-electron chi connectivity index (χ2n) is 4.02. The van der Waals surface area contributed by atoms with Crippen LogP contribution in [0.25, 0.3) is 0 Å². The smallest absolute Gasteiger partial charge is 0.273 e. The van der Waals surface area contributed by atoms with Crippen molar-refractivity contribution >= 4 is 12.1 Å². The lowest BCUT2D eigenvalue weighted by atomic mass is 10.1. The summed E-state index contributed by atoms with van der Waals surface area (Å²) in [7, 11) is 0. The first kappa shape index (κ1) is 15.2. The molecular weight excluding hydrogens is 257 g/mol. The molecule has 1 aromatic carbocycles. The molecule has 0 spiro atoms. The number of hydrogen-bond donors (Lipinski definition) is 1. The minimum atomic E-state index is -4.34. The Hall–Kier alpha value is -1.85. The molecule has 1 N–H and O–H groups in total. The summed E-state index contributed by atoms with van der Waals surface area (Å²) >= 11 is 0. The van der Waals surface area contributed by atoms with Gasteiger partial charge in [0.05, 0.1) is 11.8 Å². The molecule has 0 aliphatic heterocycles. The maximum Gasteiger partial charge on any atom is 0.416 e. The van der Waals surface area contributed by atoms with Crippen LogP contribution in [-0.2, 0) is 11.0 Å². The number of benzene rings is 1. The van der Waals surface area contributed by atoms with Crippen molar-refractivity contribution in [3.8, 4) is 0 Å². The van der Waals surface area contributed by atoms with E-state index in [1.165, 1.54) is 18.3 Å². The number of halogens is 3. The lowest BCUT2D eigenvalue weighted by Crippen LogP contribution is -2.16. The standard InChI is InChI=1S/C13H15F3N2O/c1-2-3-4-12(19)18-17-9-10-5-7-11(8-6-10)13(14,15)16/h5-9H,2-4H2,1H3,(H,18,19)/b17-9+. The van der Waals surface area contributed by atoms with Gasteiger partial charge in [-0.15, -0.1) is 0 Å². The van der Waals surface area contributed by atoms with Gasteiger partial charge in [-0.2, -0.15) is 18.3 Å². The minimum Gasteiger partial charge on any atom is -0.273 e. The highest BCUT2D eigenvalue weighted by molar-refractivity contribution is 5.82. The normalized spacial score (nSPS) is 11.8. The zero-order valence-corrected chi connectivity index (χ0v) is 10.5. The van der Waals surface area contributed by atoms with E-state index in [2.05, 4.69) is 10.5 Å². The number of hydrazone groups is 1. The zero-order chi connectivity index (χ0) is 14.3. The highest BCUT2D eigenvalue weighted by atomic mass is 19.4. The van der Waals surface area contributed by atoms with E-state index in [-0.39, 0.29) is 5.91 Å². The van der Waals surface area contributed by atoms with Crippen molar-refractivity contribution in [1.29, 1.82) is 0 Å². The molecule has 0 saturated heterocycles. The quantitative estimate of drug-likeness (QED) is 0.648. The first-order valence-corrected chi connectivity index (χ1v) is 5.92. The summed E-state index contributed by atoms with van der Waals surface area (Å²) in [6.07, 6.45) is -0.952. The van der Waals surface area contributed by atoms with Crippen LogP contribution in [0, 0.1) is 0 Å². The van der Waals surface area contributed by atoms with E-state index < -0.39 is 11.7 Å². The van der Waals surface area contributed by atoms with E-state index in [0.717, 1.165) is 25.0 Å². The molecule has 3 nitrogen and oxygen atoms in total. The molecule has 1 aromatic rings. The van der Waals surface area contributed by atoms with Gasteiger partial charge < -0.3 is 0 Å². The van der Waals surface area contributed by atoms with Gasteiger partial charge >= 0.3 is 6.18 Å². The summed E-state index contributed by atoms with van der Waals surface area (Å²) in [4.78, 5) is 11.2. The molecule has 0 aromatic heterocycles. The van der Waals surface area contributed by atoms with Crippen molar-refractivity contribution in [1.82, 2.24) is 5.43 Å². The zero-order valence-electron chi connectivity index (χ0n) is 10.5. The van der Waals surface area contributed by atoms with Gasteiger partial charge in [0.15, 0.2) is 0 Å². The topological polar surface area (TPSA) is 41.5 Å². The molecule has 6 heteroatoms. The van der Waals surface area contributed by atoms with Crippen LogP contribution in [0.15, 0.2) is 29.4 Å². The molecule has 0 bridgehead atoms. The Morgan fingerprint density at radius 3 is 2.47 bits per heavy atom. The lowest BCUT2D eigenvalue weighted by Gasteiger charge is -2.05. The number of rotatable bonds is 5. The third kappa shape index (κ3) is 5.54. The summed E-state index contributed by atoms with van der Waals surface area (Å²) < 4.78 is 36.9. The highest BCUT2D eigenvalue weighted by Crippen LogP contribution is 2.28. The SMILES string of the molecule is CCCCC(=O)N/N=C/c1ccc(C(F)(F)F)cc1. The van der Waals surface area contributed by atoms with Gasteiger partial charge in [-0.3, -0.25) is 4.79 Å². The molecule has 0 heterocycles. The molecule has 0 aliphatic carbocycles. The first-order chi connectivity index (χ1) is 8.93. The highest BCUT2D eigenvalue weighted by Gasteiger charge is 2.29. The Balaban J connectivity index is 2.51. The van der Waals surface area contributed by atoms with E-state index in [1.54, 1.807) is 0 Å². The number of carbonyl (C=O) groups excluding carboxylic acids is 1. The molecule has 0 unspecified atom stereocenters. The van der Waals surface area contributed by atoms with Crippen LogP contribution in [-0.4, -0.2) is 12.1 Å². The van der Waals surface area contributed by atoms with E-state index in [9.17, 15) is 18.0 Å². The number of unbranched alkanes of at least 4 members (excludes halogenated alkanes) is 1. The van der Waals surface area contributed by atoms with Gasteiger partial charge in [0.1, 0.15) is 0 Å². The molecule has 0 aliphatic rings. The number of carbonyl (C=O) groups is 1. The monoisotopic (exact) mass is 272 g/mol. The molecule has 0 atom stereocenters. The van der Waals surface area contributed by atoms with Crippen LogP contribution < -0.4 is 5.43 Å². The van der Waals surface area contributed by atoms with Crippen LogP contribution in [0.5, 0.6) is 0 Å². The average Bonchev–Trinajstić information content (AvgIpc) is 2.36. The Bertz CT molecular complexity index is 438. The van der Waals surface area contributed by atoms with Crippen LogP contribution in [0.3, 0.4) is 0 Å². The van der Waals surface area contributed by atoms with Crippen molar-refractivity contribution in [3.63, 3.8) is 0 Å². The predicted molar refractivity (Wildman–Crippen MR) is 66.7 cm³/mol. The maximum atomic E-state index is 12.3. The molecule has 1 rings (SSSR count). The van der Waals surface area contributed by atoms with Gasteiger partial charge in [-0.1, -0.05) is 25.5 Å². The first-order valence-electron chi connectivity index (χ1n) is 5.92. The third-order valence-corrected chi connectivity index (χ3v) is 2.40. The predicted octanol–water partition coefficient (Wildman–Crippen LogP) is 3.35. The van der Waals surface area contributed by atoms with Crippen LogP contribution in [0.1, 0.15) is 37.3 Å². The third-order valence-electron chi connectivity index (χ3n) is 2.40. The number of alkyl halides is 3. The minimum absolute atomic E-state index is 0.204. The molecular formula is C13H15F3N2O. The summed E-state index contributed by atoms with van der Waals surface area (Å²) in [5.74, 6) is -0.204. The molecule has 19 heavy (non-hydrogen) atoms. The van der Waals surface area contributed by atoms with E-state index in [1.807, 2.05) is 6.92 Å². The molecule has 0 saturated carbocycles. The summed E-state index contributed by atoms with van der Waals surface area (Å²) in [6.45, 7) is 1.97. The lowest BCUT2D eigenvalue weighted by molar-refractivity contribution is -0.137. The van der Waals surface area contributed by atoms with Gasteiger partial charge in [0.2, 0.25) is 5.91 Å². The second-order valence-corrected chi connectivity index (χ2v) is 4.02. The van der Waals surface area contributed by atoms with Gasteiger partial charge in [-0.25, -0.2) is 5.43 Å². The second kappa shape index (κ2) is 6.92. The average molecular weight is 272 g/mol. The maximum absolute atomic E-state index is 12.3. The van der Waals surface area contributed by atoms with E-state index in [4.69, 9.17) is 0 Å². The van der Waals surface area contributed by atoms with Crippen LogP contribution >= 0.6 is 0 Å². The van der Waals surface area contributed by atoms with E-state index >= 15 is 0 Å². The van der Waals surface area contributed by atoms with Crippen LogP contribution in [0.2, 0.25) is 0 Å². The number of hydrogen-bond acceptors (Lipinski definition) is 2. The fourth-order valence-electron chi connectivity index (χ4n) is 1.33. The summed E-state index contributed by atoms with van der Waals surface area (Å²) in [5.41, 5.74) is 2.10. The summed E-state index contributed by atoms with van der Waals surface area (Å²) in [6, 6.07) is 4.54. The van der Waals surface area contributed by atoms with Crippen LogP contribution in [0.4, 0.5) is 13.2 Å². The van der Waals surface area contributed by atoms with Gasteiger partial charge in [0, 0.05) is 6.42 Å². The Kier molecular flexibility index (Phi) is 5.54. The van der Waals surface area contributed by atoms with E-state index in [0.29, 0.717) is 12.0 Å². The van der Waals surface area contributed by atoms with Crippen molar-refractivity contribution in [2.45, 2.75) is 32.4 Å². The molecule has 0 fully saturated rings. The largest absolute Gasteiger partial charge is 0.416 e. The fraction of sp³-hybridized carbons (Fsp3) is 0.385. The number of amides is 1. The Labute approximate surface area is 109 Å². The fourth-order valence-corrected chi connectivity index (χ4v) is 1.33. The van der Waals surface area contributed by atoms with Crippen molar-refractivity contribution in [3.05, 3.63) is 35.4 Å². The van der Waals surface area contributed by atoms with Gasteiger partial charge in [0.25, 0.3) is 0 Å². The van der Waals surface area contributed by atoms with Crippen molar-refractivity contribution in [2.75, 3.05) is 0 Å². The number of nitrogens with zero attached hydrogens (tertiary/aromatic N) is 1. The molecule has 1 amide bonds. The Morgan fingerprint density at radius 1 is 1.32 bits per heavy atom. The van der Waals surface area contributed by atoms with Crippen molar-refractivity contribution < 1.29 is 18.0 Å². The molecule has 104 valence electrons. The number of nitrogens with one attached hydrogen (secondary N) is 1. The Morgan fingerprint density at radius 2 is 1.95 bits per heavy atom. The summed E-state index contributed by atoms with van der Waals surface area (Å²) in [5, 5.41) is 3.68. The van der Waals surface area contributed by atoms with Gasteiger partial charge in [-0.05, 0) is 24.1 Å². The molecule has 0 radical (unpaired) electrons. The van der Waals surface area contributed by atoms with Crippen molar-refractivity contribution in [2.24, 2.45) is 5.10 Å².